The number of rotatable bonds is 3. The Balaban J connectivity index is 1.80. The van der Waals surface area contributed by atoms with Crippen LogP contribution in [0.15, 0.2) is 36.4 Å². The second-order valence-electron chi connectivity index (χ2n) is 6.19. The lowest BCUT2D eigenvalue weighted by Gasteiger charge is -2.15. The molecule has 0 aromatic heterocycles. The summed E-state index contributed by atoms with van der Waals surface area (Å²) in [5, 5.41) is 0. The van der Waals surface area contributed by atoms with Gasteiger partial charge in [0.05, 0.1) is 0 Å². The molecule has 1 aliphatic rings. The molecule has 0 saturated heterocycles. The minimum absolute atomic E-state index is 0.0908. The van der Waals surface area contributed by atoms with Gasteiger partial charge in [-0.05, 0) is 61.8 Å². The normalized spacial score (nSPS) is 15.2. The van der Waals surface area contributed by atoms with E-state index in [9.17, 15) is 0 Å². The monoisotopic (exact) mass is 265 g/mol. The Bertz CT molecular complexity index is 607. The molecule has 1 unspecified atom stereocenters. The van der Waals surface area contributed by atoms with Gasteiger partial charge in [0.2, 0.25) is 0 Å². The van der Waals surface area contributed by atoms with E-state index in [4.69, 9.17) is 5.73 Å². The Morgan fingerprint density at radius 3 is 2.40 bits per heavy atom. The largest absolute Gasteiger partial charge is 0.324 e. The molecule has 2 aromatic rings. The molecule has 20 heavy (non-hydrogen) atoms. The van der Waals surface area contributed by atoms with Crippen molar-refractivity contribution in [3.8, 4) is 0 Å². The number of benzene rings is 2. The average molecular weight is 265 g/mol. The van der Waals surface area contributed by atoms with Gasteiger partial charge in [-0.1, -0.05) is 47.5 Å². The van der Waals surface area contributed by atoms with Crippen molar-refractivity contribution in [3.63, 3.8) is 0 Å². The van der Waals surface area contributed by atoms with E-state index < -0.39 is 0 Å². The van der Waals surface area contributed by atoms with Crippen LogP contribution in [0.3, 0.4) is 0 Å². The second-order valence-corrected chi connectivity index (χ2v) is 6.19. The molecular formula is C19H23N. The van der Waals surface area contributed by atoms with E-state index in [2.05, 4.69) is 50.2 Å². The van der Waals surface area contributed by atoms with Gasteiger partial charge in [-0.15, -0.1) is 0 Å². The second kappa shape index (κ2) is 5.41. The van der Waals surface area contributed by atoms with E-state index in [1.165, 1.54) is 52.6 Å². The molecule has 0 spiro atoms. The molecular weight excluding hydrogens is 242 g/mol. The first kappa shape index (κ1) is 13.4. The summed E-state index contributed by atoms with van der Waals surface area (Å²) >= 11 is 0. The van der Waals surface area contributed by atoms with Gasteiger partial charge in [0.25, 0.3) is 0 Å². The predicted molar refractivity (Wildman–Crippen MR) is 85.0 cm³/mol. The summed E-state index contributed by atoms with van der Waals surface area (Å²) in [4.78, 5) is 0. The van der Waals surface area contributed by atoms with E-state index in [0.29, 0.717) is 0 Å². The number of aryl methyl sites for hydroxylation is 4. The van der Waals surface area contributed by atoms with Gasteiger partial charge in [0.1, 0.15) is 0 Å². The van der Waals surface area contributed by atoms with E-state index in [-0.39, 0.29) is 6.04 Å². The lowest BCUT2D eigenvalue weighted by Crippen LogP contribution is -2.14. The Labute approximate surface area is 121 Å². The molecule has 104 valence electrons. The maximum atomic E-state index is 6.41. The highest BCUT2D eigenvalue weighted by Gasteiger charge is 2.13. The van der Waals surface area contributed by atoms with Gasteiger partial charge in [-0.3, -0.25) is 0 Å². The van der Waals surface area contributed by atoms with Gasteiger partial charge >= 0.3 is 0 Å². The summed E-state index contributed by atoms with van der Waals surface area (Å²) in [6.07, 6.45) is 4.72. The topological polar surface area (TPSA) is 26.0 Å². The third-order valence-electron chi connectivity index (χ3n) is 4.29. The molecule has 1 heteroatoms. The van der Waals surface area contributed by atoms with Crippen LogP contribution in [0.25, 0.3) is 0 Å². The number of fused-ring (bicyclic) bond motifs is 1. The number of hydrogen-bond acceptors (Lipinski definition) is 1. The van der Waals surface area contributed by atoms with Crippen LogP contribution in [0.4, 0.5) is 0 Å². The standard InChI is InChI=1S/C19H23N/c1-13-8-14(2)10-18(9-13)19(20)12-15-6-7-16-4-3-5-17(16)11-15/h6-11,19H,3-5,12,20H2,1-2H3. The van der Waals surface area contributed by atoms with Gasteiger partial charge in [0, 0.05) is 6.04 Å². The fourth-order valence-electron chi connectivity index (χ4n) is 3.35. The zero-order valence-electron chi connectivity index (χ0n) is 12.4. The average Bonchev–Trinajstić information content (AvgIpc) is 2.85. The minimum Gasteiger partial charge on any atom is -0.324 e. The summed E-state index contributed by atoms with van der Waals surface area (Å²) in [6.45, 7) is 4.28. The molecule has 1 atom stereocenters. The van der Waals surface area contributed by atoms with Crippen molar-refractivity contribution < 1.29 is 0 Å². The first-order chi connectivity index (χ1) is 9.61. The quantitative estimate of drug-likeness (QED) is 0.890. The van der Waals surface area contributed by atoms with Gasteiger partial charge in [0.15, 0.2) is 0 Å². The highest BCUT2D eigenvalue weighted by atomic mass is 14.6. The highest BCUT2D eigenvalue weighted by molar-refractivity contribution is 5.37. The van der Waals surface area contributed by atoms with Crippen molar-refractivity contribution in [3.05, 3.63) is 69.8 Å². The Morgan fingerprint density at radius 2 is 1.65 bits per heavy atom. The van der Waals surface area contributed by atoms with Crippen LogP contribution >= 0.6 is 0 Å². The van der Waals surface area contributed by atoms with Crippen molar-refractivity contribution in [1.82, 2.24) is 0 Å². The van der Waals surface area contributed by atoms with Crippen molar-refractivity contribution in [1.29, 1.82) is 0 Å². The van der Waals surface area contributed by atoms with Crippen LogP contribution < -0.4 is 5.73 Å². The molecule has 3 rings (SSSR count). The highest BCUT2D eigenvalue weighted by Crippen LogP contribution is 2.25. The van der Waals surface area contributed by atoms with Crippen molar-refractivity contribution in [2.24, 2.45) is 5.73 Å². The molecule has 0 amide bonds. The van der Waals surface area contributed by atoms with Crippen LogP contribution in [0.2, 0.25) is 0 Å². The van der Waals surface area contributed by atoms with Crippen molar-refractivity contribution in [2.45, 2.75) is 45.6 Å². The van der Waals surface area contributed by atoms with E-state index in [1.807, 2.05) is 0 Å². The zero-order chi connectivity index (χ0) is 14.1. The summed E-state index contributed by atoms with van der Waals surface area (Å²) in [7, 11) is 0. The van der Waals surface area contributed by atoms with Gasteiger partial charge in [-0.2, -0.15) is 0 Å². The smallest absolute Gasteiger partial charge is 0.0335 e. The van der Waals surface area contributed by atoms with Crippen LogP contribution in [0.5, 0.6) is 0 Å². The SMILES string of the molecule is Cc1cc(C)cc(C(N)Cc2ccc3c(c2)CCC3)c1. The summed E-state index contributed by atoms with van der Waals surface area (Å²) < 4.78 is 0. The van der Waals surface area contributed by atoms with E-state index in [0.717, 1.165) is 6.42 Å². The fourth-order valence-corrected chi connectivity index (χ4v) is 3.35. The van der Waals surface area contributed by atoms with Crippen molar-refractivity contribution in [2.75, 3.05) is 0 Å². The molecule has 2 aromatic carbocycles. The molecule has 0 fully saturated rings. The first-order valence-electron chi connectivity index (χ1n) is 7.56. The molecule has 0 bridgehead atoms. The Hall–Kier alpha value is -1.60. The Kier molecular flexibility index (Phi) is 3.62. The minimum atomic E-state index is 0.0908. The fraction of sp³-hybridized carbons (Fsp3) is 0.368. The Morgan fingerprint density at radius 1 is 0.950 bits per heavy atom. The van der Waals surface area contributed by atoms with Crippen LogP contribution in [-0.2, 0) is 19.3 Å². The van der Waals surface area contributed by atoms with Gasteiger partial charge in [-0.25, -0.2) is 0 Å². The van der Waals surface area contributed by atoms with Crippen molar-refractivity contribution >= 4 is 0 Å². The maximum absolute atomic E-state index is 6.41. The molecule has 1 nitrogen and oxygen atoms in total. The van der Waals surface area contributed by atoms with Crippen LogP contribution in [0.1, 0.15) is 45.8 Å². The summed E-state index contributed by atoms with van der Waals surface area (Å²) in [5.41, 5.74) is 14.7. The maximum Gasteiger partial charge on any atom is 0.0335 e. The summed E-state index contributed by atoms with van der Waals surface area (Å²) in [6, 6.07) is 13.6. The third kappa shape index (κ3) is 2.78. The third-order valence-corrected chi connectivity index (χ3v) is 4.29. The molecule has 2 N–H and O–H groups in total. The predicted octanol–water partition coefficient (Wildman–Crippen LogP) is 4.03. The van der Waals surface area contributed by atoms with E-state index in [1.54, 1.807) is 0 Å². The molecule has 0 aliphatic heterocycles. The number of hydrogen-bond donors (Lipinski definition) is 1. The molecule has 0 heterocycles. The van der Waals surface area contributed by atoms with E-state index >= 15 is 0 Å². The molecule has 1 aliphatic carbocycles. The van der Waals surface area contributed by atoms with Crippen LogP contribution in [-0.4, -0.2) is 0 Å². The zero-order valence-corrected chi connectivity index (χ0v) is 12.4. The molecule has 0 saturated carbocycles. The van der Waals surface area contributed by atoms with Crippen LogP contribution in [0, 0.1) is 13.8 Å². The first-order valence-corrected chi connectivity index (χ1v) is 7.56. The van der Waals surface area contributed by atoms with Gasteiger partial charge < -0.3 is 5.73 Å². The number of nitrogens with two attached hydrogens (primary N) is 1. The summed E-state index contributed by atoms with van der Waals surface area (Å²) in [5.74, 6) is 0. The lowest BCUT2D eigenvalue weighted by atomic mass is 9.95. The lowest BCUT2D eigenvalue weighted by molar-refractivity contribution is 0.719. The molecule has 0 radical (unpaired) electrons.